The summed E-state index contributed by atoms with van der Waals surface area (Å²) >= 11 is 0. The normalized spacial score (nSPS) is 17.0. The lowest BCUT2D eigenvalue weighted by atomic mass is 10.1. The molecule has 2 fully saturated rings. The number of nitrogens with zero attached hydrogens (tertiary/aromatic N) is 3. The number of hydrogen-bond donors (Lipinski definition) is 1. The van der Waals surface area contributed by atoms with Crippen molar-refractivity contribution >= 4 is 23.3 Å². The quantitative estimate of drug-likeness (QED) is 0.848. The van der Waals surface area contributed by atoms with Gasteiger partial charge in [-0.3, -0.25) is 4.79 Å². The number of piperazine rings is 1. The molecule has 158 valence electrons. The Kier molecular flexibility index (Phi) is 6.18. The maximum atomic E-state index is 12.9. The first-order valence-corrected chi connectivity index (χ1v) is 10.4. The van der Waals surface area contributed by atoms with Crippen LogP contribution < -0.4 is 10.2 Å². The Morgan fingerprint density at radius 3 is 2.20 bits per heavy atom. The molecule has 3 amide bonds. The largest absolute Gasteiger partial charge is 0.378 e. The third-order valence-electron chi connectivity index (χ3n) is 5.61. The lowest BCUT2D eigenvalue weighted by Crippen LogP contribution is -2.51. The molecule has 0 unspecified atom stereocenters. The van der Waals surface area contributed by atoms with E-state index in [0.717, 1.165) is 43.2 Å². The van der Waals surface area contributed by atoms with Gasteiger partial charge in [-0.15, -0.1) is 0 Å². The second-order valence-electron chi connectivity index (χ2n) is 7.73. The fourth-order valence-electron chi connectivity index (χ4n) is 3.86. The Labute approximate surface area is 177 Å². The number of rotatable bonds is 3. The molecule has 2 aromatic carbocycles. The van der Waals surface area contributed by atoms with Crippen molar-refractivity contribution in [2.45, 2.75) is 6.92 Å². The Hall–Kier alpha value is -3.06. The van der Waals surface area contributed by atoms with Crippen LogP contribution in [-0.2, 0) is 4.74 Å². The molecule has 0 atom stereocenters. The number of carbonyl (C=O) groups excluding carboxylic acids is 2. The average Bonchev–Trinajstić information content (AvgIpc) is 2.79. The van der Waals surface area contributed by atoms with Crippen LogP contribution >= 0.6 is 0 Å². The van der Waals surface area contributed by atoms with E-state index < -0.39 is 0 Å². The van der Waals surface area contributed by atoms with Crippen LogP contribution in [0.2, 0.25) is 0 Å². The molecule has 0 spiro atoms. The van der Waals surface area contributed by atoms with Gasteiger partial charge in [0.05, 0.1) is 13.2 Å². The smallest absolute Gasteiger partial charge is 0.321 e. The van der Waals surface area contributed by atoms with E-state index in [1.165, 1.54) is 0 Å². The lowest BCUT2D eigenvalue weighted by molar-refractivity contribution is 0.0671. The third kappa shape index (κ3) is 4.74. The molecule has 4 rings (SSSR count). The van der Waals surface area contributed by atoms with Crippen LogP contribution in [0, 0.1) is 6.92 Å². The van der Waals surface area contributed by atoms with Gasteiger partial charge in [0, 0.05) is 56.2 Å². The molecule has 0 saturated carbocycles. The van der Waals surface area contributed by atoms with Crippen molar-refractivity contribution in [1.82, 2.24) is 9.80 Å². The van der Waals surface area contributed by atoms with Crippen LogP contribution in [0.25, 0.3) is 0 Å². The summed E-state index contributed by atoms with van der Waals surface area (Å²) in [6.45, 7) is 7.33. The van der Waals surface area contributed by atoms with Crippen molar-refractivity contribution in [2.75, 3.05) is 62.7 Å². The average molecular weight is 409 g/mol. The highest BCUT2D eigenvalue weighted by atomic mass is 16.5. The molecule has 2 aliphatic heterocycles. The van der Waals surface area contributed by atoms with Crippen LogP contribution in [0.1, 0.15) is 15.9 Å². The number of morpholine rings is 1. The van der Waals surface area contributed by atoms with Gasteiger partial charge < -0.3 is 24.8 Å². The predicted octanol–water partition coefficient (Wildman–Crippen LogP) is 2.82. The molecule has 7 heteroatoms. The number of benzene rings is 2. The standard InChI is InChI=1S/C23H28N4O3/c1-18-3-2-4-20(17-18)24-23(29)27-11-9-26(10-12-27)22(28)19-5-7-21(8-6-19)25-13-15-30-16-14-25/h2-8,17H,9-16H2,1H3,(H,24,29). The van der Waals surface area contributed by atoms with Gasteiger partial charge in [-0.2, -0.15) is 0 Å². The van der Waals surface area contributed by atoms with E-state index in [1.54, 1.807) is 4.90 Å². The van der Waals surface area contributed by atoms with Crippen LogP contribution in [0.4, 0.5) is 16.2 Å². The number of ether oxygens (including phenoxy) is 1. The maximum absolute atomic E-state index is 12.9. The molecule has 7 nitrogen and oxygen atoms in total. The summed E-state index contributed by atoms with van der Waals surface area (Å²) in [5, 5.41) is 2.94. The summed E-state index contributed by atoms with van der Waals surface area (Å²) < 4.78 is 5.39. The minimum atomic E-state index is -0.123. The van der Waals surface area contributed by atoms with E-state index in [4.69, 9.17) is 4.74 Å². The maximum Gasteiger partial charge on any atom is 0.321 e. The van der Waals surface area contributed by atoms with Crippen LogP contribution in [0.5, 0.6) is 0 Å². The predicted molar refractivity (Wildman–Crippen MR) is 117 cm³/mol. The second kappa shape index (κ2) is 9.17. The van der Waals surface area contributed by atoms with E-state index in [1.807, 2.05) is 60.4 Å². The van der Waals surface area contributed by atoms with Gasteiger partial charge in [-0.25, -0.2) is 4.79 Å². The van der Waals surface area contributed by atoms with Gasteiger partial charge >= 0.3 is 6.03 Å². The van der Waals surface area contributed by atoms with E-state index in [9.17, 15) is 9.59 Å². The zero-order valence-electron chi connectivity index (χ0n) is 17.3. The Bertz CT molecular complexity index is 886. The lowest BCUT2D eigenvalue weighted by Gasteiger charge is -2.35. The van der Waals surface area contributed by atoms with E-state index in [0.29, 0.717) is 31.7 Å². The fraction of sp³-hybridized carbons (Fsp3) is 0.391. The first-order valence-electron chi connectivity index (χ1n) is 10.4. The van der Waals surface area contributed by atoms with Gasteiger partial charge in [0.25, 0.3) is 5.91 Å². The van der Waals surface area contributed by atoms with E-state index in [-0.39, 0.29) is 11.9 Å². The van der Waals surface area contributed by atoms with Crippen molar-refractivity contribution in [2.24, 2.45) is 0 Å². The summed E-state index contributed by atoms with van der Waals surface area (Å²) in [6.07, 6.45) is 0. The Balaban J connectivity index is 1.30. The van der Waals surface area contributed by atoms with Gasteiger partial charge in [-0.05, 0) is 48.9 Å². The van der Waals surface area contributed by atoms with Crippen LogP contribution in [-0.4, -0.2) is 74.2 Å². The zero-order chi connectivity index (χ0) is 20.9. The molecule has 1 N–H and O–H groups in total. The first-order chi connectivity index (χ1) is 14.6. The fourth-order valence-corrected chi connectivity index (χ4v) is 3.86. The Morgan fingerprint density at radius 1 is 0.867 bits per heavy atom. The number of anilines is 2. The molecule has 2 saturated heterocycles. The summed E-state index contributed by atoms with van der Waals surface area (Å²) in [4.78, 5) is 31.2. The number of urea groups is 1. The second-order valence-corrected chi connectivity index (χ2v) is 7.73. The molecule has 0 aromatic heterocycles. The molecule has 2 aromatic rings. The molecule has 0 bridgehead atoms. The van der Waals surface area contributed by atoms with Crippen molar-refractivity contribution in [3.8, 4) is 0 Å². The molecule has 0 radical (unpaired) electrons. The van der Waals surface area contributed by atoms with Crippen LogP contribution in [0.15, 0.2) is 48.5 Å². The topological polar surface area (TPSA) is 65.1 Å². The van der Waals surface area contributed by atoms with Crippen molar-refractivity contribution in [3.63, 3.8) is 0 Å². The van der Waals surface area contributed by atoms with Gasteiger partial charge in [-0.1, -0.05) is 12.1 Å². The number of aryl methyl sites for hydroxylation is 1. The number of hydrogen-bond acceptors (Lipinski definition) is 4. The SMILES string of the molecule is Cc1cccc(NC(=O)N2CCN(C(=O)c3ccc(N4CCOCC4)cc3)CC2)c1. The van der Waals surface area contributed by atoms with Gasteiger partial charge in [0.15, 0.2) is 0 Å². The molecular weight excluding hydrogens is 380 g/mol. The number of nitrogens with one attached hydrogen (secondary N) is 1. The summed E-state index contributed by atoms with van der Waals surface area (Å²) in [5.74, 6) is 0.0160. The minimum Gasteiger partial charge on any atom is -0.378 e. The van der Waals surface area contributed by atoms with E-state index >= 15 is 0 Å². The molecule has 2 aliphatic rings. The molecule has 0 aliphatic carbocycles. The van der Waals surface area contributed by atoms with Crippen molar-refractivity contribution in [1.29, 1.82) is 0 Å². The van der Waals surface area contributed by atoms with Crippen molar-refractivity contribution < 1.29 is 14.3 Å². The zero-order valence-corrected chi connectivity index (χ0v) is 17.3. The summed E-state index contributed by atoms with van der Waals surface area (Å²) in [6, 6.07) is 15.4. The van der Waals surface area contributed by atoms with Crippen molar-refractivity contribution in [3.05, 3.63) is 59.7 Å². The van der Waals surface area contributed by atoms with Crippen LogP contribution in [0.3, 0.4) is 0 Å². The monoisotopic (exact) mass is 408 g/mol. The third-order valence-corrected chi connectivity index (χ3v) is 5.61. The molecular formula is C23H28N4O3. The minimum absolute atomic E-state index is 0.0160. The highest BCUT2D eigenvalue weighted by Gasteiger charge is 2.25. The number of carbonyl (C=O) groups is 2. The van der Waals surface area contributed by atoms with E-state index in [2.05, 4.69) is 10.2 Å². The highest BCUT2D eigenvalue weighted by molar-refractivity contribution is 5.95. The molecule has 30 heavy (non-hydrogen) atoms. The van der Waals surface area contributed by atoms with Gasteiger partial charge in [0.2, 0.25) is 0 Å². The summed E-state index contributed by atoms with van der Waals surface area (Å²) in [5.41, 5.74) is 3.69. The molecule has 2 heterocycles. The highest BCUT2D eigenvalue weighted by Crippen LogP contribution is 2.18. The summed E-state index contributed by atoms with van der Waals surface area (Å²) in [7, 11) is 0. The first kappa shape index (κ1) is 20.2. The Morgan fingerprint density at radius 2 is 1.53 bits per heavy atom. The van der Waals surface area contributed by atoms with Gasteiger partial charge in [0.1, 0.15) is 0 Å². The number of amides is 3.